The maximum Gasteiger partial charge on any atom is 0.243 e. The predicted molar refractivity (Wildman–Crippen MR) is 111 cm³/mol. The van der Waals surface area contributed by atoms with Crippen LogP contribution in [-0.2, 0) is 14.8 Å². The molecule has 8 heteroatoms. The highest BCUT2D eigenvalue weighted by Crippen LogP contribution is 2.26. The number of carbonyl (C=O) groups excluding carboxylic acids is 1. The minimum absolute atomic E-state index is 0.0603. The monoisotopic (exact) mass is 415 g/mol. The van der Waals surface area contributed by atoms with Gasteiger partial charge in [0.25, 0.3) is 0 Å². The van der Waals surface area contributed by atoms with Gasteiger partial charge < -0.3 is 5.32 Å². The van der Waals surface area contributed by atoms with Gasteiger partial charge in [0, 0.05) is 36.3 Å². The van der Waals surface area contributed by atoms with Crippen molar-refractivity contribution in [3.63, 3.8) is 0 Å². The van der Waals surface area contributed by atoms with Crippen LogP contribution in [0.3, 0.4) is 0 Å². The second-order valence-electron chi connectivity index (χ2n) is 7.06. The minimum atomic E-state index is -3.51. The molecule has 6 nitrogen and oxygen atoms in total. The number of carbonyl (C=O) groups is 1. The van der Waals surface area contributed by atoms with E-state index >= 15 is 0 Å². The lowest BCUT2D eigenvalue weighted by Gasteiger charge is -2.30. The molecule has 0 aliphatic carbocycles. The largest absolute Gasteiger partial charge is 0.326 e. The minimum Gasteiger partial charge on any atom is -0.326 e. The van der Waals surface area contributed by atoms with E-state index in [4.69, 9.17) is 0 Å². The fourth-order valence-electron chi connectivity index (χ4n) is 3.41. The van der Waals surface area contributed by atoms with Crippen molar-refractivity contribution in [3.8, 4) is 0 Å². The first-order valence-electron chi connectivity index (χ1n) is 9.15. The van der Waals surface area contributed by atoms with Gasteiger partial charge in [-0.05, 0) is 61.6 Å². The first kappa shape index (κ1) is 19.0. The number of anilines is 1. The van der Waals surface area contributed by atoms with E-state index in [1.54, 1.807) is 30.5 Å². The van der Waals surface area contributed by atoms with Gasteiger partial charge in [-0.15, -0.1) is 0 Å². The molecule has 0 spiro atoms. The number of rotatable bonds is 4. The number of piperidine rings is 1. The first-order valence-corrected chi connectivity index (χ1v) is 11.4. The Labute approximate surface area is 168 Å². The zero-order valence-electron chi connectivity index (χ0n) is 15.5. The van der Waals surface area contributed by atoms with Gasteiger partial charge in [-0.2, -0.15) is 8.68 Å². The van der Waals surface area contributed by atoms with E-state index in [9.17, 15) is 13.2 Å². The van der Waals surface area contributed by atoms with Crippen molar-refractivity contribution in [2.75, 3.05) is 18.4 Å². The van der Waals surface area contributed by atoms with Crippen LogP contribution in [0, 0.1) is 12.8 Å². The molecule has 1 aliphatic heterocycles. The van der Waals surface area contributed by atoms with Gasteiger partial charge in [0.2, 0.25) is 15.9 Å². The molecule has 4 rings (SSSR count). The lowest BCUT2D eigenvalue weighted by Crippen LogP contribution is -2.41. The van der Waals surface area contributed by atoms with Crippen LogP contribution >= 0.6 is 11.5 Å². The lowest BCUT2D eigenvalue weighted by atomic mass is 9.97. The standard InChI is InChI=1S/C20H21N3O3S2/c1-14-2-5-18(6-3-14)28(25,26)23-10-8-15(9-11-23)20(24)22-17-4-7-19-16(12-17)13-21-27-19/h2-7,12-13,15H,8-11H2,1H3,(H,22,24). The molecule has 28 heavy (non-hydrogen) atoms. The highest BCUT2D eigenvalue weighted by molar-refractivity contribution is 7.89. The van der Waals surface area contributed by atoms with Gasteiger partial charge >= 0.3 is 0 Å². The van der Waals surface area contributed by atoms with Crippen molar-refractivity contribution in [2.24, 2.45) is 5.92 Å². The Balaban J connectivity index is 1.39. The highest BCUT2D eigenvalue weighted by Gasteiger charge is 2.32. The Hall–Kier alpha value is -2.29. The van der Waals surface area contributed by atoms with Crippen molar-refractivity contribution >= 4 is 43.2 Å². The average Bonchev–Trinajstić information content (AvgIpc) is 3.16. The van der Waals surface area contributed by atoms with Crippen LogP contribution in [0.1, 0.15) is 18.4 Å². The van der Waals surface area contributed by atoms with Crippen LogP contribution in [0.4, 0.5) is 5.69 Å². The number of hydrogen-bond donors (Lipinski definition) is 1. The number of fused-ring (bicyclic) bond motifs is 1. The number of hydrogen-bond acceptors (Lipinski definition) is 5. The number of sulfonamides is 1. The van der Waals surface area contributed by atoms with Gasteiger partial charge in [-0.3, -0.25) is 4.79 Å². The third-order valence-electron chi connectivity index (χ3n) is 5.10. The summed E-state index contributed by atoms with van der Waals surface area (Å²) >= 11 is 1.42. The number of aryl methyl sites for hydroxylation is 1. The molecule has 1 aromatic heterocycles. The van der Waals surface area contributed by atoms with E-state index < -0.39 is 10.0 Å². The number of aromatic nitrogens is 1. The molecule has 1 N–H and O–H groups in total. The first-order chi connectivity index (χ1) is 13.4. The summed E-state index contributed by atoms with van der Waals surface area (Å²) in [4.78, 5) is 12.9. The summed E-state index contributed by atoms with van der Waals surface area (Å²) in [6.45, 7) is 2.62. The molecule has 0 unspecified atom stereocenters. The Bertz CT molecular complexity index is 1100. The topological polar surface area (TPSA) is 79.4 Å². The van der Waals surface area contributed by atoms with Gasteiger partial charge in [-0.25, -0.2) is 8.42 Å². The van der Waals surface area contributed by atoms with E-state index in [1.807, 2.05) is 25.1 Å². The molecular weight excluding hydrogens is 394 g/mol. The van der Waals surface area contributed by atoms with Gasteiger partial charge in [-0.1, -0.05) is 17.7 Å². The number of nitrogens with zero attached hydrogens (tertiary/aromatic N) is 2. The number of nitrogens with one attached hydrogen (secondary N) is 1. The summed E-state index contributed by atoms with van der Waals surface area (Å²) in [6.07, 6.45) is 2.81. The van der Waals surface area contributed by atoms with E-state index in [-0.39, 0.29) is 11.8 Å². The normalized spacial score (nSPS) is 16.3. The Morgan fingerprint density at radius 3 is 2.57 bits per heavy atom. The maximum atomic E-state index is 12.8. The Morgan fingerprint density at radius 2 is 1.86 bits per heavy atom. The fourth-order valence-corrected chi connectivity index (χ4v) is 5.51. The van der Waals surface area contributed by atoms with Crippen LogP contribution in [-0.4, -0.2) is 36.1 Å². The van der Waals surface area contributed by atoms with Crippen molar-refractivity contribution in [1.29, 1.82) is 0 Å². The zero-order chi connectivity index (χ0) is 19.7. The molecule has 146 valence electrons. The number of benzene rings is 2. The zero-order valence-corrected chi connectivity index (χ0v) is 17.1. The highest BCUT2D eigenvalue weighted by atomic mass is 32.2. The van der Waals surface area contributed by atoms with Crippen LogP contribution in [0.5, 0.6) is 0 Å². The van der Waals surface area contributed by atoms with E-state index in [1.165, 1.54) is 15.8 Å². The van der Waals surface area contributed by atoms with Gasteiger partial charge in [0.1, 0.15) is 0 Å². The van der Waals surface area contributed by atoms with Gasteiger partial charge in [0.05, 0.1) is 9.60 Å². The summed E-state index contributed by atoms with van der Waals surface area (Å²) in [6, 6.07) is 12.6. The molecule has 3 aromatic rings. The van der Waals surface area contributed by atoms with Crippen LogP contribution in [0.2, 0.25) is 0 Å². The Kier molecular flexibility index (Phi) is 5.18. The van der Waals surface area contributed by atoms with Crippen LogP contribution in [0.25, 0.3) is 10.1 Å². The van der Waals surface area contributed by atoms with Gasteiger partial charge in [0.15, 0.2) is 0 Å². The SMILES string of the molecule is Cc1ccc(S(=O)(=O)N2CCC(C(=O)Nc3ccc4sncc4c3)CC2)cc1. The molecule has 0 atom stereocenters. The molecular formula is C20H21N3O3S2. The fraction of sp³-hybridized carbons (Fsp3) is 0.300. The molecule has 1 fully saturated rings. The van der Waals surface area contributed by atoms with Crippen molar-refractivity contribution in [2.45, 2.75) is 24.7 Å². The summed E-state index contributed by atoms with van der Waals surface area (Å²) in [5.41, 5.74) is 1.76. The molecule has 0 radical (unpaired) electrons. The summed E-state index contributed by atoms with van der Waals surface area (Å²) in [7, 11) is -3.51. The molecule has 1 amide bonds. The van der Waals surface area contributed by atoms with Crippen LogP contribution in [0.15, 0.2) is 53.6 Å². The third-order valence-corrected chi connectivity index (χ3v) is 7.80. The van der Waals surface area contributed by atoms with Crippen molar-refractivity contribution in [3.05, 3.63) is 54.2 Å². The molecule has 1 aliphatic rings. The number of amides is 1. The van der Waals surface area contributed by atoms with Crippen LogP contribution < -0.4 is 5.32 Å². The molecule has 2 aromatic carbocycles. The summed E-state index contributed by atoms with van der Waals surface area (Å²) in [5.74, 6) is -0.254. The lowest BCUT2D eigenvalue weighted by molar-refractivity contribution is -0.120. The van der Waals surface area contributed by atoms with E-state index in [0.29, 0.717) is 30.8 Å². The Morgan fingerprint density at radius 1 is 1.14 bits per heavy atom. The second kappa shape index (κ2) is 7.62. The summed E-state index contributed by atoms with van der Waals surface area (Å²) in [5, 5.41) is 3.96. The molecule has 1 saturated heterocycles. The molecule has 0 saturated carbocycles. The quantitative estimate of drug-likeness (QED) is 0.705. The summed E-state index contributed by atoms with van der Waals surface area (Å²) < 4.78 is 32.3. The molecule has 0 bridgehead atoms. The van der Waals surface area contributed by atoms with E-state index in [2.05, 4.69) is 9.69 Å². The smallest absolute Gasteiger partial charge is 0.243 e. The second-order valence-corrected chi connectivity index (χ2v) is 9.83. The van der Waals surface area contributed by atoms with Crippen molar-refractivity contribution in [1.82, 2.24) is 8.68 Å². The molecule has 2 heterocycles. The van der Waals surface area contributed by atoms with Crippen molar-refractivity contribution < 1.29 is 13.2 Å². The predicted octanol–water partition coefficient (Wildman–Crippen LogP) is 3.64. The average molecular weight is 416 g/mol. The third kappa shape index (κ3) is 3.80. The van der Waals surface area contributed by atoms with E-state index in [0.717, 1.165) is 21.3 Å². The maximum absolute atomic E-state index is 12.8.